The van der Waals surface area contributed by atoms with Crippen LogP contribution in [0.2, 0.25) is 0 Å². The van der Waals surface area contributed by atoms with Crippen LogP contribution >= 0.6 is 0 Å². The summed E-state index contributed by atoms with van der Waals surface area (Å²) < 4.78 is 24.0. The molecule has 1 heterocycles. The number of aryl methyl sites for hydroxylation is 2. The smallest absolute Gasteiger partial charge is 0.255 e. The fourth-order valence-corrected chi connectivity index (χ4v) is 4.29. The maximum absolute atomic E-state index is 12.3. The summed E-state index contributed by atoms with van der Waals surface area (Å²) in [5, 5.41) is 2.84. The molecule has 1 aliphatic heterocycles. The SMILES string of the molecule is Cc1cccc(NC(=O)c2ccc3c(c2)CCCS3(=O)=O)c1. The van der Waals surface area contributed by atoms with E-state index in [2.05, 4.69) is 5.32 Å². The molecule has 5 heteroatoms. The molecule has 1 aliphatic rings. The van der Waals surface area contributed by atoms with Gasteiger partial charge in [0.25, 0.3) is 5.91 Å². The first kappa shape index (κ1) is 14.8. The van der Waals surface area contributed by atoms with Gasteiger partial charge >= 0.3 is 0 Å². The van der Waals surface area contributed by atoms with Crippen molar-refractivity contribution in [1.82, 2.24) is 0 Å². The highest BCUT2D eigenvalue weighted by atomic mass is 32.2. The largest absolute Gasteiger partial charge is 0.322 e. The second-order valence-electron chi connectivity index (χ2n) is 5.57. The quantitative estimate of drug-likeness (QED) is 0.926. The van der Waals surface area contributed by atoms with Crippen LogP contribution in [0.3, 0.4) is 0 Å². The summed E-state index contributed by atoms with van der Waals surface area (Å²) in [5.41, 5.74) is 3.02. The molecule has 3 rings (SSSR count). The lowest BCUT2D eigenvalue weighted by atomic mass is 10.1. The van der Waals surface area contributed by atoms with E-state index in [1.165, 1.54) is 0 Å². The fraction of sp³-hybridized carbons (Fsp3) is 0.235. The molecule has 0 bridgehead atoms. The molecule has 0 radical (unpaired) electrons. The number of amides is 1. The van der Waals surface area contributed by atoms with E-state index in [9.17, 15) is 13.2 Å². The van der Waals surface area contributed by atoms with Crippen LogP contribution in [0, 0.1) is 6.92 Å². The Kier molecular flexibility index (Phi) is 3.74. The standard InChI is InChI=1S/C17H17NO3S/c1-12-4-2-6-15(10-12)18-17(19)14-7-8-16-13(11-14)5-3-9-22(16,20)21/h2,4,6-8,10-11H,3,5,9H2,1H3,(H,18,19). The molecule has 114 valence electrons. The molecule has 0 saturated carbocycles. The number of anilines is 1. The summed E-state index contributed by atoms with van der Waals surface area (Å²) in [4.78, 5) is 12.7. The van der Waals surface area contributed by atoms with E-state index in [0.717, 1.165) is 16.8 Å². The lowest BCUT2D eigenvalue weighted by Crippen LogP contribution is -2.18. The molecule has 0 spiro atoms. The van der Waals surface area contributed by atoms with Gasteiger partial charge in [-0.1, -0.05) is 12.1 Å². The molecule has 0 aliphatic carbocycles. The van der Waals surface area contributed by atoms with Crippen molar-refractivity contribution in [2.75, 3.05) is 11.1 Å². The Balaban J connectivity index is 1.88. The van der Waals surface area contributed by atoms with Gasteiger partial charge in [-0.15, -0.1) is 0 Å². The minimum absolute atomic E-state index is 0.189. The molecule has 4 nitrogen and oxygen atoms in total. The van der Waals surface area contributed by atoms with Crippen LogP contribution in [-0.4, -0.2) is 20.1 Å². The average molecular weight is 315 g/mol. The Morgan fingerprint density at radius 3 is 2.73 bits per heavy atom. The predicted molar refractivity (Wildman–Crippen MR) is 85.9 cm³/mol. The Labute approximate surface area is 130 Å². The van der Waals surface area contributed by atoms with E-state index in [4.69, 9.17) is 0 Å². The van der Waals surface area contributed by atoms with Gasteiger partial charge in [0, 0.05) is 11.3 Å². The number of benzene rings is 2. The second-order valence-corrected chi connectivity index (χ2v) is 7.65. The molecule has 1 amide bonds. The topological polar surface area (TPSA) is 63.2 Å². The third-order valence-electron chi connectivity index (χ3n) is 3.79. The summed E-state index contributed by atoms with van der Waals surface area (Å²) in [6.07, 6.45) is 1.30. The van der Waals surface area contributed by atoms with E-state index in [1.54, 1.807) is 18.2 Å². The number of hydrogen-bond acceptors (Lipinski definition) is 3. The van der Waals surface area contributed by atoms with Crippen molar-refractivity contribution in [2.24, 2.45) is 0 Å². The predicted octanol–water partition coefficient (Wildman–Crippen LogP) is 2.97. The molecule has 0 fully saturated rings. The van der Waals surface area contributed by atoms with Crippen LogP contribution in [0.4, 0.5) is 5.69 Å². The molecular weight excluding hydrogens is 298 g/mol. The number of rotatable bonds is 2. The van der Waals surface area contributed by atoms with Gasteiger partial charge in [-0.2, -0.15) is 0 Å². The maximum atomic E-state index is 12.3. The van der Waals surface area contributed by atoms with Crippen LogP contribution in [0.1, 0.15) is 27.9 Å². The number of fused-ring (bicyclic) bond motifs is 1. The zero-order valence-electron chi connectivity index (χ0n) is 12.3. The van der Waals surface area contributed by atoms with E-state index >= 15 is 0 Å². The Hall–Kier alpha value is -2.14. The van der Waals surface area contributed by atoms with Crippen molar-refractivity contribution >= 4 is 21.4 Å². The highest BCUT2D eigenvalue weighted by molar-refractivity contribution is 7.91. The van der Waals surface area contributed by atoms with Crippen molar-refractivity contribution in [1.29, 1.82) is 0 Å². The minimum Gasteiger partial charge on any atom is -0.322 e. The van der Waals surface area contributed by atoms with Gasteiger partial charge in [0.15, 0.2) is 9.84 Å². The first-order valence-electron chi connectivity index (χ1n) is 7.19. The third-order valence-corrected chi connectivity index (χ3v) is 5.69. The molecule has 0 unspecified atom stereocenters. The molecule has 22 heavy (non-hydrogen) atoms. The summed E-state index contributed by atoms with van der Waals surface area (Å²) >= 11 is 0. The number of carbonyl (C=O) groups is 1. The molecule has 0 saturated heterocycles. The zero-order valence-corrected chi connectivity index (χ0v) is 13.1. The van der Waals surface area contributed by atoms with Gasteiger partial charge in [0.1, 0.15) is 0 Å². The van der Waals surface area contributed by atoms with Crippen molar-refractivity contribution in [3.63, 3.8) is 0 Å². The maximum Gasteiger partial charge on any atom is 0.255 e. The average Bonchev–Trinajstić information content (AvgIpc) is 2.46. The van der Waals surface area contributed by atoms with E-state index in [1.807, 2.05) is 31.2 Å². The third kappa shape index (κ3) is 2.90. The molecule has 1 N–H and O–H groups in total. The summed E-state index contributed by atoms with van der Waals surface area (Å²) in [6, 6.07) is 12.4. The number of sulfone groups is 1. The van der Waals surface area contributed by atoms with E-state index in [-0.39, 0.29) is 11.7 Å². The summed E-state index contributed by atoms with van der Waals surface area (Å²) in [5.74, 6) is -0.0363. The molecule has 0 atom stereocenters. The van der Waals surface area contributed by atoms with Crippen molar-refractivity contribution < 1.29 is 13.2 Å². The monoisotopic (exact) mass is 315 g/mol. The van der Waals surface area contributed by atoms with Crippen LogP contribution in [0.5, 0.6) is 0 Å². The lowest BCUT2D eigenvalue weighted by Gasteiger charge is -2.17. The Morgan fingerprint density at radius 1 is 1.14 bits per heavy atom. The Morgan fingerprint density at radius 2 is 1.95 bits per heavy atom. The van der Waals surface area contributed by atoms with Gasteiger partial charge in [-0.3, -0.25) is 4.79 Å². The van der Waals surface area contributed by atoms with Gasteiger partial charge in [-0.25, -0.2) is 8.42 Å². The van der Waals surface area contributed by atoms with Gasteiger partial charge in [0.05, 0.1) is 10.6 Å². The molecular formula is C17H17NO3S. The van der Waals surface area contributed by atoms with E-state index in [0.29, 0.717) is 23.3 Å². The summed E-state index contributed by atoms with van der Waals surface area (Å²) in [7, 11) is -3.18. The number of carbonyl (C=O) groups excluding carboxylic acids is 1. The second kappa shape index (κ2) is 5.57. The van der Waals surface area contributed by atoms with Crippen LogP contribution < -0.4 is 5.32 Å². The minimum atomic E-state index is -3.18. The van der Waals surface area contributed by atoms with Crippen LogP contribution in [0.25, 0.3) is 0 Å². The first-order valence-corrected chi connectivity index (χ1v) is 8.85. The zero-order chi connectivity index (χ0) is 15.7. The molecule has 2 aromatic carbocycles. The normalized spacial score (nSPS) is 15.9. The van der Waals surface area contributed by atoms with Crippen molar-refractivity contribution in [3.8, 4) is 0 Å². The van der Waals surface area contributed by atoms with Gasteiger partial charge in [-0.05, 0) is 61.2 Å². The highest BCUT2D eigenvalue weighted by Crippen LogP contribution is 2.26. The molecule has 0 aromatic heterocycles. The Bertz CT molecular complexity index is 841. The lowest BCUT2D eigenvalue weighted by molar-refractivity contribution is 0.102. The number of nitrogens with one attached hydrogen (secondary N) is 1. The van der Waals surface area contributed by atoms with Gasteiger partial charge in [0.2, 0.25) is 0 Å². The number of hydrogen-bond donors (Lipinski definition) is 1. The fourth-order valence-electron chi connectivity index (χ4n) is 2.71. The van der Waals surface area contributed by atoms with Crippen molar-refractivity contribution in [2.45, 2.75) is 24.7 Å². The van der Waals surface area contributed by atoms with E-state index < -0.39 is 9.84 Å². The first-order chi connectivity index (χ1) is 10.5. The highest BCUT2D eigenvalue weighted by Gasteiger charge is 2.24. The van der Waals surface area contributed by atoms with Crippen LogP contribution in [0.15, 0.2) is 47.4 Å². The van der Waals surface area contributed by atoms with Crippen molar-refractivity contribution in [3.05, 3.63) is 59.2 Å². The van der Waals surface area contributed by atoms with Crippen LogP contribution in [-0.2, 0) is 16.3 Å². The molecule has 2 aromatic rings. The van der Waals surface area contributed by atoms with Gasteiger partial charge < -0.3 is 5.32 Å². The summed E-state index contributed by atoms with van der Waals surface area (Å²) in [6.45, 7) is 1.96.